The average Bonchev–Trinajstić information content (AvgIpc) is 2.23. The molecule has 1 aromatic rings. The van der Waals surface area contributed by atoms with Crippen molar-refractivity contribution in [3.05, 3.63) is 29.6 Å². The van der Waals surface area contributed by atoms with Crippen molar-refractivity contribution >= 4 is 0 Å². The molecule has 0 unspecified atom stereocenters. The summed E-state index contributed by atoms with van der Waals surface area (Å²) in [5.41, 5.74) is 0.972. The Morgan fingerprint density at radius 3 is 2.93 bits per heavy atom. The number of ether oxygens (including phenoxy) is 1. The molecule has 0 atom stereocenters. The van der Waals surface area contributed by atoms with Gasteiger partial charge < -0.3 is 10.1 Å². The fraction of sp³-hybridized carbons (Fsp3) is 0.500. The molecule has 1 aromatic carbocycles. The van der Waals surface area contributed by atoms with Crippen molar-refractivity contribution in [2.24, 2.45) is 0 Å². The molecule has 0 heterocycles. The Labute approximate surface area is 90.4 Å². The second-order valence-corrected chi connectivity index (χ2v) is 3.47. The number of halogens is 1. The Hall–Kier alpha value is -1.09. The van der Waals surface area contributed by atoms with Crippen LogP contribution in [0.15, 0.2) is 18.2 Å². The molecule has 0 saturated heterocycles. The van der Waals surface area contributed by atoms with Crippen LogP contribution in [-0.4, -0.2) is 19.7 Å². The lowest BCUT2D eigenvalue weighted by atomic mass is 10.2. The second kappa shape index (κ2) is 6.40. The maximum Gasteiger partial charge on any atom is 0.126 e. The summed E-state index contributed by atoms with van der Waals surface area (Å²) in [6, 6.07) is 4.61. The predicted octanol–water partition coefficient (Wildman–Crippen LogP) is 2.51. The summed E-state index contributed by atoms with van der Waals surface area (Å²) in [6.45, 7) is 6.51. The summed E-state index contributed by atoms with van der Waals surface area (Å²) in [5, 5.41) is 3.21. The van der Waals surface area contributed by atoms with E-state index in [9.17, 15) is 4.39 Å². The van der Waals surface area contributed by atoms with Crippen LogP contribution in [0.2, 0.25) is 0 Å². The van der Waals surface area contributed by atoms with Crippen molar-refractivity contribution in [1.82, 2.24) is 5.32 Å². The van der Waals surface area contributed by atoms with Crippen LogP contribution in [0.4, 0.5) is 4.39 Å². The summed E-state index contributed by atoms with van der Waals surface area (Å²) in [6.07, 6.45) is 0.934. The van der Waals surface area contributed by atoms with E-state index in [1.54, 1.807) is 6.07 Å². The minimum absolute atomic E-state index is 0.248. The summed E-state index contributed by atoms with van der Waals surface area (Å²) in [7, 11) is 0. The smallest absolute Gasteiger partial charge is 0.126 e. The third kappa shape index (κ3) is 4.30. The van der Waals surface area contributed by atoms with E-state index in [1.807, 2.05) is 6.92 Å². The third-order valence-corrected chi connectivity index (χ3v) is 2.16. The zero-order valence-electron chi connectivity index (χ0n) is 9.35. The molecule has 3 heteroatoms. The highest BCUT2D eigenvalue weighted by Gasteiger charge is 2.00. The first-order valence-corrected chi connectivity index (χ1v) is 5.33. The van der Waals surface area contributed by atoms with Crippen LogP contribution in [0.1, 0.15) is 18.9 Å². The van der Waals surface area contributed by atoms with Gasteiger partial charge in [0.25, 0.3) is 0 Å². The van der Waals surface area contributed by atoms with E-state index >= 15 is 0 Å². The SMILES string of the molecule is CCNCCCOc1cc(F)ccc1C. The standard InChI is InChI=1S/C12H18FNO/c1-3-14-7-4-8-15-12-9-11(13)6-5-10(12)2/h5-6,9,14H,3-4,7-8H2,1-2H3. The fourth-order valence-corrected chi connectivity index (χ4v) is 1.29. The molecule has 0 saturated carbocycles. The van der Waals surface area contributed by atoms with Gasteiger partial charge in [0, 0.05) is 6.07 Å². The minimum atomic E-state index is -0.248. The molecule has 0 spiro atoms. The highest BCUT2D eigenvalue weighted by atomic mass is 19.1. The molecule has 2 nitrogen and oxygen atoms in total. The molecule has 1 N–H and O–H groups in total. The zero-order chi connectivity index (χ0) is 11.1. The molecular formula is C12H18FNO. The van der Waals surface area contributed by atoms with Gasteiger partial charge in [-0.3, -0.25) is 0 Å². The van der Waals surface area contributed by atoms with Crippen LogP contribution < -0.4 is 10.1 Å². The van der Waals surface area contributed by atoms with Crippen LogP contribution >= 0.6 is 0 Å². The number of aryl methyl sites for hydroxylation is 1. The van der Waals surface area contributed by atoms with Gasteiger partial charge in [-0.2, -0.15) is 0 Å². The quantitative estimate of drug-likeness (QED) is 0.730. The predicted molar refractivity (Wildman–Crippen MR) is 59.8 cm³/mol. The van der Waals surface area contributed by atoms with Crippen molar-refractivity contribution in [2.45, 2.75) is 20.3 Å². The number of hydrogen-bond donors (Lipinski definition) is 1. The van der Waals surface area contributed by atoms with Crippen LogP contribution in [-0.2, 0) is 0 Å². The van der Waals surface area contributed by atoms with Crippen molar-refractivity contribution in [3.8, 4) is 5.75 Å². The van der Waals surface area contributed by atoms with E-state index in [1.165, 1.54) is 12.1 Å². The minimum Gasteiger partial charge on any atom is -0.493 e. The maximum absolute atomic E-state index is 12.9. The molecule has 0 aliphatic carbocycles. The molecule has 0 amide bonds. The molecule has 1 rings (SSSR count). The molecule has 15 heavy (non-hydrogen) atoms. The summed E-state index contributed by atoms with van der Waals surface area (Å²) in [5.74, 6) is 0.397. The number of nitrogens with one attached hydrogen (secondary N) is 1. The van der Waals surface area contributed by atoms with E-state index in [0.29, 0.717) is 12.4 Å². The van der Waals surface area contributed by atoms with Gasteiger partial charge in [0.2, 0.25) is 0 Å². The lowest BCUT2D eigenvalue weighted by Crippen LogP contribution is -2.16. The van der Waals surface area contributed by atoms with Gasteiger partial charge in [0.05, 0.1) is 6.61 Å². The van der Waals surface area contributed by atoms with Gasteiger partial charge in [0.1, 0.15) is 11.6 Å². The van der Waals surface area contributed by atoms with Gasteiger partial charge in [-0.1, -0.05) is 13.0 Å². The van der Waals surface area contributed by atoms with Crippen molar-refractivity contribution in [1.29, 1.82) is 0 Å². The Kier molecular flexibility index (Phi) is 5.12. The van der Waals surface area contributed by atoms with Gasteiger partial charge in [-0.15, -0.1) is 0 Å². The number of hydrogen-bond acceptors (Lipinski definition) is 2. The first-order chi connectivity index (χ1) is 7.24. The van der Waals surface area contributed by atoms with Gasteiger partial charge >= 0.3 is 0 Å². The van der Waals surface area contributed by atoms with E-state index in [2.05, 4.69) is 12.2 Å². The normalized spacial score (nSPS) is 10.3. The van der Waals surface area contributed by atoms with Gasteiger partial charge in [0.15, 0.2) is 0 Å². The summed E-state index contributed by atoms with van der Waals surface area (Å²) >= 11 is 0. The Morgan fingerprint density at radius 1 is 1.40 bits per heavy atom. The van der Waals surface area contributed by atoms with Crippen molar-refractivity contribution in [2.75, 3.05) is 19.7 Å². The molecular weight excluding hydrogens is 193 g/mol. The maximum atomic E-state index is 12.9. The zero-order valence-corrected chi connectivity index (χ0v) is 9.35. The van der Waals surface area contributed by atoms with Crippen LogP contribution in [0, 0.1) is 12.7 Å². The first kappa shape index (κ1) is 12.0. The van der Waals surface area contributed by atoms with E-state index in [4.69, 9.17) is 4.74 Å². The van der Waals surface area contributed by atoms with Crippen LogP contribution in [0.3, 0.4) is 0 Å². The monoisotopic (exact) mass is 211 g/mol. The number of benzene rings is 1. The number of rotatable bonds is 6. The molecule has 0 fully saturated rings. The topological polar surface area (TPSA) is 21.3 Å². The molecule has 0 radical (unpaired) electrons. The molecule has 0 aliphatic rings. The van der Waals surface area contributed by atoms with Gasteiger partial charge in [-0.05, 0) is 38.1 Å². The Bertz CT molecular complexity index is 302. The highest BCUT2D eigenvalue weighted by Crippen LogP contribution is 2.18. The van der Waals surface area contributed by atoms with Gasteiger partial charge in [-0.25, -0.2) is 4.39 Å². The molecule has 0 bridgehead atoms. The van der Waals surface area contributed by atoms with E-state index in [0.717, 1.165) is 25.1 Å². The fourth-order valence-electron chi connectivity index (χ4n) is 1.29. The summed E-state index contributed by atoms with van der Waals surface area (Å²) in [4.78, 5) is 0. The largest absolute Gasteiger partial charge is 0.493 e. The Balaban J connectivity index is 2.33. The third-order valence-electron chi connectivity index (χ3n) is 2.16. The lowest BCUT2D eigenvalue weighted by molar-refractivity contribution is 0.305. The first-order valence-electron chi connectivity index (χ1n) is 5.33. The van der Waals surface area contributed by atoms with Crippen molar-refractivity contribution < 1.29 is 9.13 Å². The van der Waals surface area contributed by atoms with E-state index < -0.39 is 0 Å². The molecule has 0 aromatic heterocycles. The molecule has 84 valence electrons. The van der Waals surface area contributed by atoms with Crippen LogP contribution in [0.5, 0.6) is 5.75 Å². The Morgan fingerprint density at radius 2 is 2.20 bits per heavy atom. The summed E-state index contributed by atoms with van der Waals surface area (Å²) < 4.78 is 18.4. The average molecular weight is 211 g/mol. The van der Waals surface area contributed by atoms with E-state index in [-0.39, 0.29) is 5.82 Å². The van der Waals surface area contributed by atoms with Crippen LogP contribution in [0.25, 0.3) is 0 Å². The van der Waals surface area contributed by atoms with Crippen molar-refractivity contribution in [3.63, 3.8) is 0 Å². The lowest BCUT2D eigenvalue weighted by Gasteiger charge is -2.09. The second-order valence-electron chi connectivity index (χ2n) is 3.47. The molecule has 0 aliphatic heterocycles. The highest BCUT2D eigenvalue weighted by molar-refractivity contribution is 5.32.